The zero-order chi connectivity index (χ0) is 19.3. The van der Waals surface area contributed by atoms with Crippen LogP contribution in [0.15, 0.2) is 57.9 Å². The number of rotatable bonds is 7. The van der Waals surface area contributed by atoms with Crippen molar-refractivity contribution < 1.29 is 17.6 Å². The molecule has 0 aliphatic rings. The summed E-state index contributed by atoms with van der Waals surface area (Å²) in [6.45, 7) is 3.28. The molecule has 2 aromatic rings. The van der Waals surface area contributed by atoms with E-state index >= 15 is 0 Å². The molecule has 2 rings (SSSR count). The van der Waals surface area contributed by atoms with Crippen molar-refractivity contribution in [2.45, 2.75) is 24.8 Å². The average Bonchev–Trinajstić information content (AvgIpc) is 2.59. The Morgan fingerprint density at radius 1 is 1.23 bits per heavy atom. The monoisotopic (exact) mass is 442 g/mol. The van der Waals surface area contributed by atoms with E-state index in [1.807, 2.05) is 31.2 Å². The van der Waals surface area contributed by atoms with Crippen molar-refractivity contribution in [1.82, 2.24) is 9.62 Å². The van der Waals surface area contributed by atoms with Crippen molar-refractivity contribution in [3.05, 3.63) is 64.4 Å². The largest absolute Gasteiger partial charge is 0.348 e. The lowest BCUT2D eigenvalue weighted by atomic mass is 10.1. The standard InChI is InChI=1S/C18H20BrFN2O3S/c1-3-22(26(24,25)17-9-7-16(20)8-10-17)12-18(23)21-13(2)14-5-4-6-15(19)11-14/h4-11,13H,3,12H2,1-2H3,(H,21,23). The molecule has 140 valence electrons. The molecule has 0 bridgehead atoms. The Balaban J connectivity index is 2.09. The maximum Gasteiger partial charge on any atom is 0.243 e. The van der Waals surface area contributed by atoms with Crippen LogP contribution in [-0.2, 0) is 14.8 Å². The number of hydrogen-bond acceptors (Lipinski definition) is 3. The highest BCUT2D eigenvalue weighted by Crippen LogP contribution is 2.19. The molecule has 0 heterocycles. The second-order valence-corrected chi connectivity index (χ2v) is 8.58. The summed E-state index contributed by atoms with van der Waals surface area (Å²) in [7, 11) is -3.87. The minimum atomic E-state index is -3.87. The zero-order valence-electron chi connectivity index (χ0n) is 14.4. The van der Waals surface area contributed by atoms with E-state index < -0.39 is 21.7 Å². The quantitative estimate of drug-likeness (QED) is 0.713. The van der Waals surface area contributed by atoms with Crippen LogP contribution in [0.4, 0.5) is 4.39 Å². The first-order valence-corrected chi connectivity index (χ1v) is 10.3. The molecule has 0 radical (unpaired) electrons. The van der Waals surface area contributed by atoms with Gasteiger partial charge >= 0.3 is 0 Å². The summed E-state index contributed by atoms with van der Waals surface area (Å²) in [4.78, 5) is 12.3. The van der Waals surface area contributed by atoms with Crippen LogP contribution in [0.25, 0.3) is 0 Å². The van der Waals surface area contributed by atoms with Gasteiger partial charge in [-0.05, 0) is 48.9 Å². The zero-order valence-corrected chi connectivity index (χ0v) is 16.8. The Labute approximate surface area is 161 Å². The van der Waals surface area contributed by atoms with Gasteiger partial charge in [-0.15, -0.1) is 0 Å². The SMILES string of the molecule is CCN(CC(=O)NC(C)c1cccc(Br)c1)S(=O)(=O)c1ccc(F)cc1. The molecule has 1 amide bonds. The number of amides is 1. The summed E-state index contributed by atoms with van der Waals surface area (Å²) in [5, 5.41) is 2.79. The van der Waals surface area contributed by atoms with Gasteiger partial charge in [0.15, 0.2) is 0 Å². The van der Waals surface area contributed by atoms with Crippen molar-refractivity contribution in [3.8, 4) is 0 Å². The van der Waals surface area contributed by atoms with Gasteiger partial charge in [0.1, 0.15) is 5.82 Å². The number of hydrogen-bond donors (Lipinski definition) is 1. The van der Waals surface area contributed by atoms with Crippen molar-refractivity contribution in [3.63, 3.8) is 0 Å². The number of sulfonamides is 1. The van der Waals surface area contributed by atoms with Crippen LogP contribution in [0.3, 0.4) is 0 Å². The number of nitrogens with zero attached hydrogens (tertiary/aromatic N) is 1. The second kappa shape index (κ2) is 8.75. The molecule has 0 aliphatic heterocycles. The fraction of sp³-hybridized carbons (Fsp3) is 0.278. The first kappa shape index (κ1) is 20.5. The number of carbonyl (C=O) groups is 1. The van der Waals surface area contributed by atoms with E-state index in [2.05, 4.69) is 21.2 Å². The van der Waals surface area contributed by atoms with E-state index in [0.29, 0.717) is 0 Å². The van der Waals surface area contributed by atoms with Crippen LogP contribution in [0.1, 0.15) is 25.5 Å². The van der Waals surface area contributed by atoms with Gasteiger partial charge < -0.3 is 5.32 Å². The van der Waals surface area contributed by atoms with Gasteiger partial charge in [0.05, 0.1) is 17.5 Å². The van der Waals surface area contributed by atoms with Gasteiger partial charge in [-0.3, -0.25) is 4.79 Å². The Morgan fingerprint density at radius 2 is 1.88 bits per heavy atom. The Kier molecular flexibility index (Phi) is 6.91. The molecule has 0 saturated heterocycles. The average molecular weight is 443 g/mol. The van der Waals surface area contributed by atoms with E-state index in [1.54, 1.807) is 6.92 Å². The maximum absolute atomic E-state index is 13.0. The van der Waals surface area contributed by atoms with Gasteiger partial charge in [-0.2, -0.15) is 4.31 Å². The molecular formula is C18H20BrFN2O3S. The fourth-order valence-electron chi connectivity index (χ4n) is 2.43. The van der Waals surface area contributed by atoms with Crippen LogP contribution in [0.2, 0.25) is 0 Å². The lowest BCUT2D eigenvalue weighted by molar-refractivity contribution is -0.121. The minimum Gasteiger partial charge on any atom is -0.348 e. The molecule has 26 heavy (non-hydrogen) atoms. The normalized spacial score (nSPS) is 12.8. The summed E-state index contributed by atoms with van der Waals surface area (Å²) in [5.74, 6) is -0.933. The topological polar surface area (TPSA) is 66.5 Å². The van der Waals surface area contributed by atoms with Gasteiger partial charge in [0, 0.05) is 11.0 Å². The summed E-state index contributed by atoms with van der Waals surface area (Å²) in [5.41, 5.74) is 0.900. The molecule has 1 unspecified atom stereocenters. The second-order valence-electron chi connectivity index (χ2n) is 5.73. The smallest absolute Gasteiger partial charge is 0.243 e. The Morgan fingerprint density at radius 3 is 2.46 bits per heavy atom. The third kappa shape index (κ3) is 5.12. The molecule has 2 aromatic carbocycles. The van der Waals surface area contributed by atoms with Crippen LogP contribution < -0.4 is 5.32 Å². The van der Waals surface area contributed by atoms with Crippen LogP contribution in [0, 0.1) is 5.82 Å². The molecule has 5 nitrogen and oxygen atoms in total. The Bertz CT molecular complexity index is 872. The van der Waals surface area contributed by atoms with E-state index in [-0.39, 0.29) is 24.0 Å². The van der Waals surface area contributed by atoms with Gasteiger partial charge in [0.25, 0.3) is 0 Å². The van der Waals surface area contributed by atoms with Gasteiger partial charge in [-0.1, -0.05) is 35.0 Å². The maximum atomic E-state index is 13.0. The highest BCUT2D eigenvalue weighted by atomic mass is 79.9. The summed E-state index contributed by atoms with van der Waals surface area (Å²) < 4.78 is 40.2. The first-order chi connectivity index (χ1) is 12.2. The number of likely N-dealkylation sites (N-methyl/N-ethyl adjacent to an activating group) is 1. The van der Waals surface area contributed by atoms with E-state index in [0.717, 1.165) is 26.5 Å². The van der Waals surface area contributed by atoms with Gasteiger partial charge in [0.2, 0.25) is 15.9 Å². The highest BCUT2D eigenvalue weighted by Gasteiger charge is 2.25. The third-order valence-corrected chi connectivity index (χ3v) is 6.28. The van der Waals surface area contributed by atoms with Crippen LogP contribution >= 0.6 is 15.9 Å². The number of halogens is 2. The van der Waals surface area contributed by atoms with Gasteiger partial charge in [-0.25, -0.2) is 12.8 Å². The Hall–Kier alpha value is -1.77. The van der Waals surface area contributed by atoms with Crippen LogP contribution in [0.5, 0.6) is 0 Å². The molecule has 0 aromatic heterocycles. The predicted octanol–water partition coefficient (Wildman–Crippen LogP) is 3.48. The molecular weight excluding hydrogens is 423 g/mol. The molecule has 0 fully saturated rings. The highest BCUT2D eigenvalue weighted by molar-refractivity contribution is 9.10. The lowest BCUT2D eigenvalue weighted by Crippen LogP contribution is -2.41. The van der Waals surface area contributed by atoms with Crippen molar-refractivity contribution >= 4 is 31.9 Å². The molecule has 0 saturated carbocycles. The van der Waals surface area contributed by atoms with Crippen molar-refractivity contribution in [2.75, 3.05) is 13.1 Å². The lowest BCUT2D eigenvalue weighted by Gasteiger charge is -2.22. The first-order valence-electron chi connectivity index (χ1n) is 8.04. The summed E-state index contributed by atoms with van der Waals surface area (Å²) >= 11 is 3.38. The molecule has 1 atom stereocenters. The van der Waals surface area contributed by atoms with Crippen molar-refractivity contribution in [1.29, 1.82) is 0 Å². The molecule has 0 aliphatic carbocycles. The van der Waals surface area contributed by atoms with E-state index in [1.165, 1.54) is 12.1 Å². The summed E-state index contributed by atoms with van der Waals surface area (Å²) in [6, 6.07) is 11.8. The minimum absolute atomic E-state index is 0.0476. The molecule has 8 heteroatoms. The van der Waals surface area contributed by atoms with E-state index in [9.17, 15) is 17.6 Å². The molecule has 0 spiro atoms. The third-order valence-electron chi connectivity index (χ3n) is 3.85. The van der Waals surface area contributed by atoms with Crippen LogP contribution in [-0.4, -0.2) is 31.7 Å². The summed E-state index contributed by atoms with van der Waals surface area (Å²) in [6.07, 6.45) is 0. The van der Waals surface area contributed by atoms with Crippen molar-refractivity contribution in [2.24, 2.45) is 0 Å². The number of nitrogens with one attached hydrogen (secondary N) is 1. The number of carbonyl (C=O) groups excluding carboxylic acids is 1. The predicted molar refractivity (Wildman–Crippen MR) is 102 cm³/mol. The molecule has 1 N–H and O–H groups in total. The fourth-order valence-corrected chi connectivity index (χ4v) is 4.25. The number of benzene rings is 2. The van der Waals surface area contributed by atoms with E-state index in [4.69, 9.17) is 0 Å².